The van der Waals surface area contributed by atoms with Crippen LogP contribution >= 0.6 is 0 Å². The summed E-state index contributed by atoms with van der Waals surface area (Å²) in [5.41, 5.74) is 1.21. The Hall–Kier alpha value is -2.50. The zero-order valence-corrected chi connectivity index (χ0v) is 13.0. The number of nitrogens with one attached hydrogen (secondary N) is 3. The Morgan fingerprint density at radius 3 is 2.73 bits per heavy atom. The van der Waals surface area contributed by atoms with Gasteiger partial charge >= 0.3 is 6.09 Å². The number of ether oxygens (including phenoxy) is 1. The molecule has 0 aliphatic carbocycles. The number of aromatic nitrogens is 1. The van der Waals surface area contributed by atoms with Crippen LogP contribution in [0.3, 0.4) is 0 Å². The molecule has 0 radical (unpaired) electrons. The number of benzene rings is 1. The van der Waals surface area contributed by atoms with Gasteiger partial charge in [-0.25, -0.2) is 4.79 Å². The SMILES string of the molecule is CC(C)(C)OC(=O)NCCC(=O)Nc1ccc2[nH]ccc2c1. The summed E-state index contributed by atoms with van der Waals surface area (Å²) in [6.07, 6.45) is 1.51. The number of hydrogen-bond donors (Lipinski definition) is 3. The summed E-state index contributed by atoms with van der Waals surface area (Å²) in [5.74, 6) is -0.161. The highest BCUT2D eigenvalue weighted by atomic mass is 16.6. The zero-order valence-electron chi connectivity index (χ0n) is 13.0. The third-order valence-electron chi connectivity index (χ3n) is 2.86. The highest BCUT2D eigenvalue weighted by molar-refractivity contribution is 5.94. The molecule has 0 saturated heterocycles. The highest BCUT2D eigenvalue weighted by Gasteiger charge is 2.15. The molecule has 2 aromatic rings. The smallest absolute Gasteiger partial charge is 0.407 e. The normalized spacial score (nSPS) is 11.2. The lowest BCUT2D eigenvalue weighted by atomic mass is 10.2. The van der Waals surface area contributed by atoms with E-state index in [-0.39, 0.29) is 18.9 Å². The van der Waals surface area contributed by atoms with Crippen LogP contribution in [0, 0.1) is 0 Å². The lowest BCUT2D eigenvalue weighted by molar-refractivity contribution is -0.116. The molecule has 118 valence electrons. The molecule has 3 N–H and O–H groups in total. The van der Waals surface area contributed by atoms with Crippen LogP contribution in [-0.2, 0) is 9.53 Å². The van der Waals surface area contributed by atoms with Gasteiger partial charge in [-0.2, -0.15) is 0 Å². The Balaban J connectivity index is 1.77. The molecule has 22 heavy (non-hydrogen) atoms. The molecule has 0 aliphatic rings. The first kappa shape index (κ1) is 15.9. The average molecular weight is 303 g/mol. The number of H-pyrrole nitrogens is 1. The number of carbonyl (C=O) groups is 2. The zero-order chi connectivity index (χ0) is 16.2. The number of carbonyl (C=O) groups excluding carboxylic acids is 2. The van der Waals surface area contributed by atoms with Crippen LogP contribution in [0.1, 0.15) is 27.2 Å². The lowest BCUT2D eigenvalue weighted by Crippen LogP contribution is -2.34. The molecule has 0 atom stereocenters. The molecule has 6 heteroatoms. The van der Waals surface area contributed by atoms with E-state index in [9.17, 15) is 9.59 Å². The van der Waals surface area contributed by atoms with Crippen LogP contribution in [0.4, 0.5) is 10.5 Å². The van der Waals surface area contributed by atoms with Crippen molar-refractivity contribution in [3.05, 3.63) is 30.5 Å². The van der Waals surface area contributed by atoms with Gasteiger partial charge in [0, 0.05) is 35.8 Å². The second-order valence-electron chi connectivity index (χ2n) is 6.01. The Labute approximate surface area is 129 Å². The van der Waals surface area contributed by atoms with Gasteiger partial charge in [0.05, 0.1) is 0 Å². The summed E-state index contributed by atoms with van der Waals surface area (Å²) in [7, 11) is 0. The molecule has 2 rings (SSSR count). The molecule has 1 heterocycles. The minimum atomic E-state index is -0.543. The molecule has 0 bridgehead atoms. The van der Waals surface area contributed by atoms with E-state index < -0.39 is 11.7 Å². The summed E-state index contributed by atoms with van der Waals surface area (Å²) in [6, 6.07) is 7.57. The van der Waals surface area contributed by atoms with E-state index in [0.29, 0.717) is 0 Å². The van der Waals surface area contributed by atoms with Crippen molar-refractivity contribution in [2.75, 3.05) is 11.9 Å². The van der Waals surface area contributed by atoms with Crippen molar-refractivity contribution in [3.63, 3.8) is 0 Å². The molecule has 0 unspecified atom stereocenters. The maximum Gasteiger partial charge on any atom is 0.407 e. The van der Waals surface area contributed by atoms with E-state index in [4.69, 9.17) is 4.74 Å². The maximum absolute atomic E-state index is 11.8. The van der Waals surface area contributed by atoms with Gasteiger partial charge in [-0.15, -0.1) is 0 Å². The van der Waals surface area contributed by atoms with Crippen molar-refractivity contribution in [2.45, 2.75) is 32.8 Å². The van der Waals surface area contributed by atoms with Crippen LogP contribution in [0.2, 0.25) is 0 Å². The number of rotatable bonds is 4. The molecule has 1 aromatic heterocycles. The molecule has 0 spiro atoms. The van der Waals surface area contributed by atoms with E-state index in [0.717, 1.165) is 16.6 Å². The van der Waals surface area contributed by atoms with E-state index in [2.05, 4.69) is 15.6 Å². The molecular weight excluding hydrogens is 282 g/mol. The maximum atomic E-state index is 11.8. The Bertz CT molecular complexity index is 671. The van der Waals surface area contributed by atoms with Crippen molar-refractivity contribution >= 4 is 28.6 Å². The van der Waals surface area contributed by atoms with E-state index in [1.165, 1.54) is 0 Å². The number of amides is 2. The molecule has 6 nitrogen and oxygen atoms in total. The third-order valence-corrected chi connectivity index (χ3v) is 2.86. The number of alkyl carbamates (subject to hydrolysis) is 1. The fourth-order valence-corrected chi connectivity index (χ4v) is 1.95. The van der Waals surface area contributed by atoms with Crippen LogP contribution in [0.5, 0.6) is 0 Å². The van der Waals surface area contributed by atoms with E-state index in [1.807, 2.05) is 30.5 Å². The number of hydrogen-bond acceptors (Lipinski definition) is 3. The summed E-state index contributed by atoms with van der Waals surface area (Å²) < 4.78 is 5.09. The largest absolute Gasteiger partial charge is 0.444 e. The predicted molar refractivity (Wildman–Crippen MR) is 85.8 cm³/mol. The topological polar surface area (TPSA) is 83.2 Å². The van der Waals surface area contributed by atoms with Crippen molar-refractivity contribution in [3.8, 4) is 0 Å². The summed E-state index contributed by atoms with van der Waals surface area (Å²) >= 11 is 0. The van der Waals surface area contributed by atoms with E-state index >= 15 is 0 Å². The Kier molecular flexibility index (Phi) is 4.70. The van der Waals surface area contributed by atoms with Crippen molar-refractivity contribution < 1.29 is 14.3 Å². The Morgan fingerprint density at radius 1 is 1.23 bits per heavy atom. The van der Waals surface area contributed by atoms with Gasteiger partial charge in [0.15, 0.2) is 0 Å². The fourth-order valence-electron chi connectivity index (χ4n) is 1.95. The van der Waals surface area contributed by atoms with Crippen LogP contribution in [0.15, 0.2) is 30.5 Å². The van der Waals surface area contributed by atoms with Crippen LogP contribution in [-0.4, -0.2) is 29.1 Å². The third kappa shape index (κ3) is 4.80. The highest BCUT2D eigenvalue weighted by Crippen LogP contribution is 2.17. The van der Waals surface area contributed by atoms with Gasteiger partial charge < -0.3 is 20.4 Å². The monoisotopic (exact) mass is 303 g/mol. The molecule has 0 saturated carbocycles. The first-order valence-electron chi connectivity index (χ1n) is 7.17. The van der Waals surface area contributed by atoms with Gasteiger partial charge in [-0.05, 0) is 45.0 Å². The number of aromatic amines is 1. The molecule has 1 aromatic carbocycles. The lowest BCUT2D eigenvalue weighted by Gasteiger charge is -2.19. The van der Waals surface area contributed by atoms with Gasteiger partial charge in [0.1, 0.15) is 5.60 Å². The van der Waals surface area contributed by atoms with Crippen molar-refractivity contribution in [2.24, 2.45) is 0 Å². The molecule has 0 fully saturated rings. The average Bonchev–Trinajstić information content (AvgIpc) is 2.83. The van der Waals surface area contributed by atoms with Crippen LogP contribution < -0.4 is 10.6 Å². The van der Waals surface area contributed by atoms with Gasteiger partial charge in [-0.3, -0.25) is 4.79 Å². The summed E-state index contributed by atoms with van der Waals surface area (Å²) in [5, 5.41) is 6.39. The molecule has 0 aliphatic heterocycles. The minimum absolute atomic E-state index is 0.161. The summed E-state index contributed by atoms with van der Waals surface area (Å²) in [6.45, 7) is 5.59. The second kappa shape index (κ2) is 6.51. The fraction of sp³-hybridized carbons (Fsp3) is 0.375. The minimum Gasteiger partial charge on any atom is -0.444 e. The number of anilines is 1. The number of fused-ring (bicyclic) bond motifs is 1. The Morgan fingerprint density at radius 2 is 2.00 bits per heavy atom. The molecular formula is C16H21N3O3. The van der Waals surface area contributed by atoms with Gasteiger partial charge in [-0.1, -0.05) is 0 Å². The van der Waals surface area contributed by atoms with Crippen LogP contribution in [0.25, 0.3) is 10.9 Å². The van der Waals surface area contributed by atoms with Gasteiger partial charge in [0.2, 0.25) is 5.91 Å². The van der Waals surface area contributed by atoms with Gasteiger partial charge in [0.25, 0.3) is 0 Å². The summed E-state index contributed by atoms with van der Waals surface area (Å²) in [4.78, 5) is 26.4. The van der Waals surface area contributed by atoms with E-state index in [1.54, 1.807) is 20.8 Å². The first-order valence-corrected chi connectivity index (χ1v) is 7.17. The first-order chi connectivity index (χ1) is 10.3. The predicted octanol–water partition coefficient (Wildman–Crippen LogP) is 3.02. The second-order valence-corrected chi connectivity index (χ2v) is 6.01. The quantitative estimate of drug-likeness (QED) is 0.812. The molecule has 2 amide bonds. The van der Waals surface area contributed by atoms with Crippen molar-refractivity contribution in [1.82, 2.24) is 10.3 Å². The standard InChI is InChI=1S/C16H21N3O3/c1-16(2,3)22-15(21)18-9-7-14(20)19-12-4-5-13-11(10-12)6-8-17-13/h4-6,8,10,17H,7,9H2,1-3H3,(H,18,21)(H,19,20). The van der Waals surface area contributed by atoms with Crippen molar-refractivity contribution in [1.29, 1.82) is 0 Å².